The molecule has 8 aromatic carbocycles. The molecule has 206 valence electrons. The van der Waals surface area contributed by atoms with Gasteiger partial charge in [0.2, 0.25) is 0 Å². The highest BCUT2D eigenvalue weighted by atomic mass is 16.3. The zero-order chi connectivity index (χ0) is 29.2. The lowest BCUT2D eigenvalue weighted by Crippen LogP contribution is -1.94. The van der Waals surface area contributed by atoms with E-state index >= 15 is 0 Å². The molecule has 1 N–H and O–H groups in total. The van der Waals surface area contributed by atoms with Crippen molar-refractivity contribution in [3.63, 3.8) is 0 Å². The molecule has 0 fully saturated rings. The third-order valence-electron chi connectivity index (χ3n) is 9.42. The van der Waals surface area contributed by atoms with Crippen LogP contribution in [0.2, 0.25) is 0 Å². The fourth-order valence-corrected chi connectivity index (χ4v) is 7.33. The van der Waals surface area contributed by atoms with Crippen molar-refractivity contribution < 1.29 is 5.11 Å². The predicted octanol–water partition coefficient (Wildman–Crippen LogP) is 11.4. The number of rotatable bonds is 3. The number of aromatic hydroxyl groups is 1. The Labute approximate surface area is 256 Å². The molecule has 0 radical (unpaired) electrons. The molecule has 0 aromatic heterocycles. The molecular formula is C43H28O. The van der Waals surface area contributed by atoms with Crippen LogP contribution >= 0.6 is 0 Å². The molecule has 1 nitrogen and oxygen atoms in total. The number of fused-ring (bicyclic) bond motifs is 6. The molecule has 0 saturated carbocycles. The first kappa shape index (κ1) is 24.9. The standard InChI is InChI=1S/C43H28O/c44-42-23-22-36(34-12-5-6-13-38(34)42)39-21-20-37-35-15-7-14-33(31-18-16-27-8-1-3-10-29(27)24-31)40(35)26-41(37)43(39)32-19-17-28-9-2-4-11-30(28)25-32/h1-25,44H,26H2. The summed E-state index contributed by atoms with van der Waals surface area (Å²) in [6, 6.07) is 54.3. The van der Waals surface area contributed by atoms with E-state index < -0.39 is 0 Å². The van der Waals surface area contributed by atoms with E-state index in [1.54, 1.807) is 0 Å². The summed E-state index contributed by atoms with van der Waals surface area (Å²) in [7, 11) is 0. The van der Waals surface area contributed by atoms with E-state index in [0.29, 0.717) is 5.75 Å². The van der Waals surface area contributed by atoms with E-state index in [1.807, 2.05) is 18.2 Å². The Bertz CT molecular complexity index is 2430. The van der Waals surface area contributed by atoms with Crippen LogP contribution < -0.4 is 0 Å². The number of benzene rings is 8. The van der Waals surface area contributed by atoms with Crippen LogP contribution in [0.4, 0.5) is 0 Å². The maximum atomic E-state index is 10.7. The van der Waals surface area contributed by atoms with E-state index in [0.717, 1.165) is 22.8 Å². The zero-order valence-electron chi connectivity index (χ0n) is 24.1. The number of hydrogen-bond donors (Lipinski definition) is 1. The predicted molar refractivity (Wildman–Crippen MR) is 185 cm³/mol. The van der Waals surface area contributed by atoms with Crippen LogP contribution in [-0.2, 0) is 6.42 Å². The van der Waals surface area contributed by atoms with Crippen LogP contribution in [0.3, 0.4) is 0 Å². The van der Waals surface area contributed by atoms with Crippen molar-refractivity contribution in [1.29, 1.82) is 0 Å². The third kappa shape index (κ3) is 3.80. The quantitative estimate of drug-likeness (QED) is 0.228. The number of hydrogen-bond acceptors (Lipinski definition) is 1. The van der Waals surface area contributed by atoms with Crippen molar-refractivity contribution in [3.05, 3.63) is 163 Å². The van der Waals surface area contributed by atoms with Crippen molar-refractivity contribution in [2.45, 2.75) is 6.42 Å². The number of phenols is 1. The largest absolute Gasteiger partial charge is 0.507 e. The minimum atomic E-state index is 0.310. The highest BCUT2D eigenvalue weighted by molar-refractivity contribution is 6.06. The summed E-state index contributed by atoms with van der Waals surface area (Å²) in [5, 5.41) is 17.6. The molecule has 0 spiro atoms. The lowest BCUT2D eigenvalue weighted by Gasteiger charge is -2.18. The second kappa shape index (κ2) is 9.69. The second-order valence-corrected chi connectivity index (χ2v) is 11.8. The zero-order valence-corrected chi connectivity index (χ0v) is 24.1. The van der Waals surface area contributed by atoms with Crippen LogP contribution in [0.15, 0.2) is 152 Å². The van der Waals surface area contributed by atoms with Gasteiger partial charge in [0.25, 0.3) is 0 Å². The van der Waals surface area contributed by atoms with E-state index in [9.17, 15) is 5.11 Å². The molecule has 1 aliphatic rings. The Balaban J connectivity index is 1.30. The van der Waals surface area contributed by atoms with Gasteiger partial charge in [-0.3, -0.25) is 0 Å². The molecule has 0 atom stereocenters. The van der Waals surface area contributed by atoms with Gasteiger partial charge < -0.3 is 5.11 Å². The average molecular weight is 561 g/mol. The molecule has 0 saturated heterocycles. The maximum Gasteiger partial charge on any atom is 0.123 e. The molecule has 0 aliphatic heterocycles. The first-order valence-electron chi connectivity index (χ1n) is 15.2. The Morgan fingerprint density at radius 3 is 1.70 bits per heavy atom. The fourth-order valence-electron chi connectivity index (χ4n) is 7.33. The van der Waals surface area contributed by atoms with Gasteiger partial charge >= 0.3 is 0 Å². The minimum absolute atomic E-state index is 0.310. The lowest BCUT2D eigenvalue weighted by atomic mass is 9.85. The Kier molecular flexibility index (Phi) is 5.48. The van der Waals surface area contributed by atoms with Gasteiger partial charge in [-0.1, -0.05) is 133 Å². The Hall–Kier alpha value is -5.66. The molecule has 0 heterocycles. The minimum Gasteiger partial charge on any atom is -0.507 e. The summed E-state index contributed by atoms with van der Waals surface area (Å²) in [6.45, 7) is 0. The van der Waals surface area contributed by atoms with Gasteiger partial charge in [0, 0.05) is 5.39 Å². The monoisotopic (exact) mass is 560 g/mol. The van der Waals surface area contributed by atoms with Crippen LogP contribution in [0.5, 0.6) is 5.75 Å². The van der Waals surface area contributed by atoms with Crippen molar-refractivity contribution in [3.8, 4) is 50.3 Å². The Morgan fingerprint density at radius 2 is 0.932 bits per heavy atom. The summed E-state index contributed by atoms with van der Waals surface area (Å²) >= 11 is 0. The molecule has 1 aliphatic carbocycles. The van der Waals surface area contributed by atoms with Crippen molar-refractivity contribution in [2.24, 2.45) is 0 Å². The third-order valence-corrected chi connectivity index (χ3v) is 9.42. The van der Waals surface area contributed by atoms with E-state index in [4.69, 9.17) is 0 Å². The van der Waals surface area contributed by atoms with Crippen LogP contribution in [0.25, 0.3) is 76.8 Å². The van der Waals surface area contributed by atoms with Crippen molar-refractivity contribution in [2.75, 3.05) is 0 Å². The molecule has 9 rings (SSSR count). The van der Waals surface area contributed by atoms with Crippen molar-refractivity contribution in [1.82, 2.24) is 0 Å². The van der Waals surface area contributed by atoms with Gasteiger partial charge in [-0.2, -0.15) is 0 Å². The molecular weight excluding hydrogens is 532 g/mol. The first-order valence-corrected chi connectivity index (χ1v) is 15.2. The molecule has 0 amide bonds. The summed E-state index contributed by atoms with van der Waals surface area (Å²) in [5.74, 6) is 0.310. The van der Waals surface area contributed by atoms with E-state index in [-0.39, 0.29) is 0 Å². The van der Waals surface area contributed by atoms with Crippen LogP contribution in [-0.4, -0.2) is 5.11 Å². The SMILES string of the molecule is Oc1ccc(-c2ccc3c(c2-c2ccc4ccccc4c2)Cc2c(-c4ccc5ccccc5c4)cccc2-3)c2ccccc12. The van der Waals surface area contributed by atoms with Gasteiger partial charge in [0.05, 0.1) is 0 Å². The Morgan fingerprint density at radius 1 is 0.364 bits per heavy atom. The molecule has 44 heavy (non-hydrogen) atoms. The average Bonchev–Trinajstić information content (AvgIpc) is 3.47. The summed E-state index contributed by atoms with van der Waals surface area (Å²) < 4.78 is 0. The summed E-state index contributed by atoms with van der Waals surface area (Å²) in [5.41, 5.74) is 12.7. The van der Waals surface area contributed by atoms with Gasteiger partial charge in [0.15, 0.2) is 0 Å². The van der Waals surface area contributed by atoms with Crippen molar-refractivity contribution >= 4 is 32.3 Å². The highest BCUT2D eigenvalue weighted by Gasteiger charge is 2.27. The smallest absolute Gasteiger partial charge is 0.123 e. The van der Waals surface area contributed by atoms with E-state index in [1.165, 1.54) is 71.6 Å². The number of phenolic OH excluding ortho intramolecular Hbond substituents is 1. The normalized spacial score (nSPS) is 12.1. The van der Waals surface area contributed by atoms with Crippen LogP contribution in [0, 0.1) is 0 Å². The topological polar surface area (TPSA) is 20.2 Å². The molecule has 0 unspecified atom stereocenters. The second-order valence-electron chi connectivity index (χ2n) is 11.8. The highest BCUT2D eigenvalue weighted by Crippen LogP contribution is 2.50. The van der Waals surface area contributed by atoms with Gasteiger partial charge in [0.1, 0.15) is 5.75 Å². The lowest BCUT2D eigenvalue weighted by molar-refractivity contribution is 0.481. The van der Waals surface area contributed by atoms with Gasteiger partial charge in [-0.25, -0.2) is 0 Å². The molecule has 8 aromatic rings. The van der Waals surface area contributed by atoms with Gasteiger partial charge in [-0.15, -0.1) is 0 Å². The fraction of sp³-hybridized carbons (Fsp3) is 0.0233. The van der Waals surface area contributed by atoms with E-state index in [2.05, 4.69) is 133 Å². The summed E-state index contributed by atoms with van der Waals surface area (Å²) in [4.78, 5) is 0. The summed E-state index contributed by atoms with van der Waals surface area (Å²) in [6.07, 6.45) is 0.861. The molecule has 1 heteroatoms. The van der Waals surface area contributed by atoms with Crippen LogP contribution in [0.1, 0.15) is 11.1 Å². The first-order chi connectivity index (χ1) is 21.7. The maximum absolute atomic E-state index is 10.7. The molecule has 0 bridgehead atoms. The van der Waals surface area contributed by atoms with Gasteiger partial charge in [-0.05, 0) is 107 Å².